The van der Waals surface area contributed by atoms with Crippen molar-refractivity contribution in [3.05, 3.63) is 0 Å². The number of hydrogen-bond acceptors (Lipinski definition) is 12. The normalized spacial score (nSPS) is 15.3. The van der Waals surface area contributed by atoms with Crippen LogP contribution in [0.5, 0.6) is 0 Å². The molecule has 1 fully saturated rings. The molecule has 0 saturated carbocycles. The number of piperidine rings is 1. The van der Waals surface area contributed by atoms with Crippen LogP contribution < -0.4 is 26.6 Å². The molecular formula is C46H95N7O11Si2. The summed E-state index contributed by atoms with van der Waals surface area (Å²) < 4.78 is 32.6. The molecule has 0 bridgehead atoms. The zero-order chi connectivity index (χ0) is 49.3. The first-order valence-electron chi connectivity index (χ1n) is 24.9. The lowest BCUT2D eigenvalue weighted by molar-refractivity contribution is -0.288. The smallest absolute Gasteiger partial charge is 0.377 e. The molecule has 0 atom stereocenters. The second kappa shape index (κ2) is 34.8. The molecule has 1 saturated heterocycles. The SMILES string of the molecule is CCCCCCCCON1C(C)(C)CC(CC(=O)N(CCCCCCNC(=O)NCCC[Si](OC)(OC)OC)C(=O)NCCCCCCNC(=O)NCCC[Si](OC)(OC)OC)CC1(C)C. The van der Waals surface area contributed by atoms with Crippen LogP contribution in [0.1, 0.15) is 157 Å². The summed E-state index contributed by atoms with van der Waals surface area (Å²) >= 11 is 0. The van der Waals surface area contributed by atoms with Crippen LogP contribution in [-0.4, -0.2) is 151 Å². The van der Waals surface area contributed by atoms with Gasteiger partial charge in [0.1, 0.15) is 0 Å². The Hall–Kier alpha value is -2.41. The van der Waals surface area contributed by atoms with E-state index in [1.165, 1.54) is 37.0 Å². The molecule has 66 heavy (non-hydrogen) atoms. The molecule has 5 N–H and O–H groups in total. The molecule has 7 amide bonds. The van der Waals surface area contributed by atoms with Gasteiger partial charge in [0.05, 0.1) is 6.61 Å². The molecule has 1 aliphatic heterocycles. The first-order chi connectivity index (χ1) is 31.5. The first kappa shape index (κ1) is 61.6. The van der Waals surface area contributed by atoms with Crippen LogP contribution in [0.4, 0.5) is 14.4 Å². The maximum absolute atomic E-state index is 14.1. The van der Waals surface area contributed by atoms with Crippen LogP contribution in [0.25, 0.3) is 0 Å². The number of imide groups is 1. The van der Waals surface area contributed by atoms with E-state index in [2.05, 4.69) is 66.3 Å². The number of amides is 7. The fourth-order valence-corrected chi connectivity index (χ4v) is 12.4. The third kappa shape index (κ3) is 24.7. The Morgan fingerprint density at radius 2 is 0.909 bits per heavy atom. The van der Waals surface area contributed by atoms with Gasteiger partial charge in [0, 0.05) is 112 Å². The van der Waals surface area contributed by atoms with Gasteiger partial charge >= 0.3 is 35.7 Å². The number of nitrogens with one attached hydrogen (secondary N) is 5. The zero-order valence-electron chi connectivity index (χ0n) is 43.3. The van der Waals surface area contributed by atoms with Gasteiger partial charge in [-0.15, -0.1) is 0 Å². The number of unbranched alkanes of at least 4 members (excludes halogenated alkanes) is 11. The topological polar surface area (TPSA) is 200 Å². The molecule has 0 aromatic rings. The van der Waals surface area contributed by atoms with Crippen molar-refractivity contribution < 1.29 is 50.6 Å². The number of hydrogen-bond donors (Lipinski definition) is 5. The molecule has 18 nitrogen and oxygen atoms in total. The van der Waals surface area contributed by atoms with E-state index >= 15 is 0 Å². The first-order valence-corrected chi connectivity index (χ1v) is 28.8. The van der Waals surface area contributed by atoms with Crippen molar-refractivity contribution in [3.63, 3.8) is 0 Å². The third-order valence-corrected chi connectivity index (χ3v) is 18.1. The average molecular weight is 978 g/mol. The van der Waals surface area contributed by atoms with E-state index in [-0.39, 0.29) is 41.0 Å². The van der Waals surface area contributed by atoms with Gasteiger partial charge in [0.25, 0.3) is 0 Å². The summed E-state index contributed by atoms with van der Waals surface area (Å²) in [5, 5.41) is 16.7. The summed E-state index contributed by atoms with van der Waals surface area (Å²) in [5.41, 5.74) is -0.545. The van der Waals surface area contributed by atoms with Crippen molar-refractivity contribution in [2.75, 3.05) is 88.5 Å². The number of rotatable bonds is 38. The second-order valence-electron chi connectivity index (χ2n) is 18.8. The molecule has 0 radical (unpaired) electrons. The Bertz CT molecular complexity index is 1290. The van der Waals surface area contributed by atoms with Crippen LogP contribution in [0.3, 0.4) is 0 Å². The largest absolute Gasteiger partial charge is 0.500 e. The van der Waals surface area contributed by atoms with Crippen molar-refractivity contribution in [2.45, 2.75) is 180 Å². The number of urea groups is 3. The van der Waals surface area contributed by atoms with E-state index in [0.717, 1.165) is 64.2 Å². The number of carbonyl (C=O) groups is 4. The molecule has 0 aliphatic carbocycles. The van der Waals surface area contributed by atoms with Crippen LogP contribution >= 0.6 is 0 Å². The van der Waals surface area contributed by atoms with Crippen LogP contribution in [0.15, 0.2) is 0 Å². The van der Waals surface area contributed by atoms with Gasteiger partial charge in [-0.05, 0) is 91.4 Å². The summed E-state index contributed by atoms with van der Waals surface area (Å²) in [4.78, 5) is 60.1. The summed E-state index contributed by atoms with van der Waals surface area (Å²) in [7, 11) is 4.13. The molecule has 0 unspecified atom stereocenters. The van der Waals surface area contributed by atoms with E-state index in [1.54, 1.807) is 42.7 Å². The van der Waals surface area contributed by atoms with Crippen molar-refractivity contribution in [1.82, 2.24) is 36.5 Å². The summed E-state index contributed by atoms with van der Waals surface area (Å²) in [6.07, 6.45) is 16.9. The summed E-state index contributed by atoms with van der Waals surface area (Å²) in [5.74, 6) is -0.0422. The van der Waals surface area contributed by atoms with E-state index in [9.17, 15) is 19.2 Å². The third-order valence-electron chi connectivity index (χ3n) is 12.4. The number of carbonyl (C=O) groups excluding carboxylic acids is 4. The molecule has 1 rings (SSSR count). The lowest BCUT2D eigenvalue weighted by Gasteiger charge is -2.54. The van der Waals surface area contributed by atoms with Gasteiger partial charge < -0.3 is 53.1 Å². The Labute approximate surface area is 401 Å². The predicted octanol–water partition coefficient (Wildman–Crippen LogP) is 7.73. The van der Waals surface area contributed by atoms with Gasteiger partial charge in [-0.25, -0.2) is 14.4 Å². The number of hydroxylamine groups is 2. The molecule has 1 aliphatic rings. The van der Waals surface area contributed by atoms with Crippen LogP contribution in [-0.2, 0) is 36.2 Å². The predicted molar refractivity (Wildman–Crippen MR) is 264 cm³/mol. The fraction of sp³-hybridized carbons (Fsp3) is 0.913. The van der Waals surface area contributed by atoms with Gasteiger partial charge in [-0.2, -0.15) is 5.06 Å². The molecule has 20 heteroatoms. The lowest BCUT2D eigenvalue weighted by atomic mass is 9.74. The van der Waals surface area contributed by atoms with E-state index < -0.39 is 17.6 Å². The Kier molecular flexibility index (Phi) is 32.5. The monoisotopic (exact) mass is 978 g/mol. The van der Waals surface area contributed by atoms with Crippen LogP contribution in [0, 0.1) is 5.92 Å². The highest BCUT2D eigenvalue weighted by atomic mass is 28.4. The minimum Gasteiger partial charge on any atom is -0.377 e. The highest BCUT2D eigenvalue weighted by molar-refractivity contribution is 6.60. The maximum atomic E-state index is 14.1. The van der Waals surface area contributed by atoms with E-state index in [4.69, 9.17) is 31.4 Å². The van der Waals surface area contributed by atoms with Crippen molar-refractivity contribution >= 4 is 41.6 Å². The molecule has 0 spiro atoms. The van der Waals surface area contributed by atoms with Crippen molar-refractivity contribution in [2.24, 2.45) is 5.92 Å². The molecule has 0 aromatic carbocycles. The molecule has 388 valence electrons. The maximum Gasteiger partial charge on any atom is 0.500 e. The summed E-state index contributed by atoms with van der Waals surface area (Å²) in [6.45, 7) is 14.5. The molecular weight excluding hydrogens is 883 g/mol. The van der Waals surface area contributed by atoms with Gasteiger partial charge in [0.15, 0.2) is 0 Å². The van der Waals surface area contributed by atoms with Crippen molar-refractivity contribution in [1.29, 1.82) is 0 Å². The minimum absolute atomic E-state index is 0.104. The molecule has 1 heterocycles. The summed E-state index contributed by atoms with van der Waals surface area (Å²) in [6, 6.07) is 0.422. The van der Waals surface area contributed by atoms with Crippen LogP contribution in [0.2, 0.25) is 12.1 Å². The Balaban J connectivity index is 2.65. The van der Waals surface area contributed by atoms with Gasteiger partial charge in [0.2, 0.25) is 5.91 Å². The highest BCUT2D eigenvalue weighted by Gasteiger charge is 2.47. The second-order valence-corrected chi connectivity index (χ2v) is 24.9. The Morgan fingerprint density at radius 1 is 0.530 bits per heavy atom. The quantitative estimate of drug-likeness (QED) is 0.0299. The zero-order valence-corrected chi connectivity index (χ0v) is 45.3. The van der Waals surface area contributed by atoms with E-state index in [0.29, 0.717) is 83.6 Å². The lowest BCUT2D eigenvalue weighted by Crippen LogP contribution is -2.60. The van der Waals surface area contributed by atoms with Crippen molar-refractivity contribution in [3.8, 4) is 0 Å². The van der Waals surface area contributed by atoms with Gasteiger partial charge in [-0.1, -0.05) is 64.7 Å². The standard InChI is InChI=1S/C46H95N7O11Si2/c1-12-13-14-15-20-25-34-64-53-45(2,3)38-40(39-46(53,4)5)37-41(54)52(33-24-19-18-22-29-48-43(56)50-32-27-36-66(61-9,62-10)63-11)44(57)51-30-23-17-16-21-28-47-42(55)49-31-26-35-65(58-6,59-7)60-8/h40H,12-39H2,1-11H3,(H,51,57)(H2,47,49,55)(H2,48,50,56). The minimum atomic E-state index is -2.66. The van der Waals surface area contributed by atoms with E-state index in [1.807, 2.05) is 0 Å². The molecule has 0 aromatic heterocycles. The van der Waals surface area contributed by atoms with Gasteiger partial charge in [-0.3, -0.25) is 14.5 Å². The fourth-order valence-electron chi connectivity index (χ4n) is 9.00. The Morgan fingerprint density at radius 3 is 1.35 bits per heavy atom. The average Bonchev–Trinajstić information content (AvgIpc) is 3.28. The highest BCUT2D eigenvalue weighted by Crippen LogP contribution is 2.43. The number of nitrogens with zero attached hydrogens (tertiary/aromatic N) is 2.